The van der Waals surface area contributed by atoms with Gasteiger partial charge in [-0.25, -0.2) is 13.1 Å². The lowest BCUT2D eigenvalue weighted by atomic mass is 9.97. The quantitative estimate of drug-likeness (QED) is 0.792. The fourth-order valence-corrected chi connectivity index (χ4v) is 4.63. The molecule has 0 bridgehead atoms. The molecule has 0 atom stereocenters. The highest BCUT2D eigenvalue weighted by molar-refractivity contribution is 7.89. The molecule has 0 amide bonds. The average molecular weight is 386 g/mol. The van der Waals surface area contributed by atoms with E-state index in [2.05, 4.69) is 9.82 Å². The molecule has 0 saturated carbocycles. The summed E-state index contributed by atoms with van der Waals surface area (Å²) in [5.74, 6) is -1.01. The molecule has 7 nitrogen and oxygen atoms in total. The Balaban J connectivity index is 2.41. The van der Waals surface area contributed by atoms with Gasteiger partial charge >= 0.3 is 5.97 Å². The summed E-state index contributed by atoms with van der Waals surface area (Å²) in [6, 6.07) is 1.69. The van der Waals surface area contributed by atoms with Crippen LogP contribution in [0.25, 0.3) is 0 Å². The zero-order valence-electron chi connectivity index (χ0n) is 14.4. The van der Waals surface area contributed by atoms with Crippen LogP contribution in [0.1, 0.15) is 27.9 Å². The number of aliphatic carboxylic acids is 1. The second-order valence-electron chi connectivity index (χ2n) is 5.94. The zero-order valence-corrected chi connectivity index (χ0v) is 16.0. The van der Waals surface area contributed by atoms with E-state index < -0.39 is 16.0 Å². The Bertz CT molecular complexity index is 935. The highest BCUT2D eigenvalue weighted by Crippen LogP contribution is 2.27. The van der Waals surface area contributed by atoms with Gasteiger partial charge in [-0.1, -0.05) is 17.7 Å². The number of rotatable bonds is 6. The van der Waals surface area contributed by atoms with Gasteiger partial charge in [-0.15, -0.1) is 0 Å². The van der Waals surface area contributed by atoms with Crippen molar-refractivity contribution in [3.05, 3.63) is 45.2 Å². The first-order chi connectivity index (χ1) is 11.5. The molecule has 2 aromatic rings. The van der Waals surface area contributed by atoms with Gasteiger partial charge in [-0.2, -0.15) is 5.10 Å². The molecular formula is C16H20ClN3O4S. The molecule has 0 radical (unpaired) electrons. The Kier molecular flexibility index (Phi) is 5.55. The molecule has 0 unspecified atom stereocenters. The van der Waals surface area contributed by atoms with Crippen LogP contribution in [0.3, 0.4) is 0 Å². The van der Waals surface area contributed by atoms with Crippen LogP contribution in [0.4, 0.5) is 0 Å². The molecular weight excluding hydrogens is 366 g/mol. The first-order valence-corrected chi connectivity index (χ1v) is 9.38. The van der Waals surface area contributed by atoms with Crippen molar-refractivity contribution in [3.63, 3.8) is 0 Å². The Morgan fingerprint density at radius 1 is 1.32 bits per heavy atom. The molecule has 0 aliphatic carbocycles. The van der Waals surface area contributed by atoms with Crippen molar-refractivity contribution >= 4 is 27.6 Å². The van der Waals surface area contributed by atoms with Crippen LogP contribution in [0, 0.1) is 20.8 Å². The smallest absolute Gasteiger partial charge is 0.307 e. The Morgan fingerprint density at radius 3 is 2.48 bits per heavy atom. The van der Waals surface area contributed by atoms with Gasteiger partial charge in [0.2, 0.25) is 10.0 Å². The van der Waals surface area contributed by atoms with Crippen molar-refractivity contribution in [2.24, 2.45) is 7.05 Å². The molecule has 1 heterocycles. The monoisotopic (exact) mass is 385 g/mol. The number of carboxylic acid groups (broad SMARTS) is 1. The number of aromatic nitrogens is 2. The summed E-state index contributed by atoms with van der Waals surface area (Å²) in [5, 5.41) is 13.5. The third-order valence-corrected chi connectivity index (χ3v) is 5.95. The minimum atomic E-state index is -3.85. The summed E-state index contributed by atoms with van der Waals surface area (Å²) in [5.41, 5.74) is 2.68. The number of aryl methyl sites for hydroxylation is 3. The fraction of sp³-hybridized carbons (Fsp3) is 0.375. The van der Waals surface area contributed by atoms with Crippen molar-refractivity contribution in [3.8, 4) is 0 Å². The first-order valence-electron chi connectivity index (χ1n) is 7.52. The number of carboxylic acids is 1. The standard InChI is InChI=1S/C16H20ClN3O4S/c1-9-5-10(2)16(11(3)12(9)6-15(21)22)25(23,24)18-7-14-13(17)8-20(4)19-14/h5,8,18H,6-7H2,1-4H3,(H,21,22). The van der Waals surface area contributed by atoms with E-state index in [1.54, 1.807) is 40.1 Å². The maximum atomic E-state index is 12.8. The molecule has 2 rings (SSSR count). The van der Waals surface area contributed by atoms with E-state index in [-0.39, 0.29) is 17.9 Å². The number of nitrogens with zero attached hydrogens (tertiary/aromatic N) is 2. The molecule has 0 aliphatic rings. The molecule has 0 aliphatic heterocycles. The molecule has 1 aromatic carbocycles. The average Bonchev–Trinajstić information content (AvgIpc) is 2.78. The van der Waals surface area contributed by atoms with Crippen LogP contribution in [0.15, 0.2) is 17.2 Å². The maximum Gasteiger partial charge on any atom is 0.307 e. The third kappa shape index (κ3) is 4.20. The molecule has 136 valence electrons. The number of sulfonamides is 1. The van der Waals surface area contributed by atoms with E-state index in [1.165, 1.54) is 4.68 Å². The highest BCUT2D eigenvalue weighted by Gasteiger charge is 2.24. The molecule has 1 aromatic heterocycles. The van der Waals surface area contributed by atoms with Crippen LogP contribution in [0.2, 0.25) is 5.02 Å². The van der Waals surface area contributed by atoms with Crippen molar-refractivity contribution in [1.29, 1.82) is 0 Å². The van der Waals surface area contributed by atoms with Crippen LogP contribution >= 0.6 is 11.6 Å². The summed E-state index contributed by atoms with van der Waals surface area (Å²) in [7, 11) is -2.16. The Morgan fingerprint density at radius 2 is 1.96 bits per heavy atom. The Hall–Kier alpha value is -1.90. The Labute approximate surface area is 151 Å². The predicted molar refractivity (Wildman–Crippen MR) is 94.2 cm³/mol. The van der Waals surface area contributed by atoms with E-state index in [4.69, 9.17) is 16.7 Å². The summed E-state index contributed by atoms with van der Waals surface area (Å²) < 4.78 is 29.5. The summed E-state index contributed by atoms with van der Waals surface area (Å²) >= 11 is 6.00. The minimum Gasteiger partial charge on any atom is -0.481 e. The van der Waals surface area contributed by atoms with Crippen molar-refractivity contribution in [1.82, 2.24) is 14.5 Å². The zero-order chi connectivity index (χ0) is 18.9. The third-order valence-electron chi connectivity index (χ3n) is 3.94. The largest absolute Gasteiger partial charge is 0.481 e. The number of carbonyl (C=O) groups is 1. The van der Waals surface area contributed by atoms with Gasteiger partial charge in [-0.3, -0.25) is 9.48 Å². The van der Waals surface area contributed by atoms with Gasteiger partial charge < -0.3 is 5.11 Å². The first kappa shape index (κ1) is 19.4. The van der Waals surface area contributed by atoms with Gasteiger partial charge in [0.25, 0.3) is 0 Å². The topological polar surface area (TPSA) is 101 Å². The molecule has 9 heteroatoms. The molecule has 2 N–H and O–H groups in total. The second kappa shape index (κ2) is 7.15. The van der Waals surface area contributed by atoms with Gasteiger partial charge in [0.1, 0.15) is 0 Å². The van der Waals surface area contributed by atoms with Gasteiger partial charge in [0.15, 0.2) is 0 Å². The predicted octanol–water partition coefficient (Wildman–Crippen LogP) is 2.10. The van der Waals surface area contributed by atoms with Gasteiger partial charge in [0, 0.05) is 13.2 Å². The lowest BCUT2D eigenvalue weighted by molar-refractivity contribution is -0.136. The second-order valence-corrected chi connectivity index (χ2v) is 8.05. The van der Waals surface area contributed by atoms with Crippen molar-refractivity contribution < 1.29 is 18.3 Å². The SMILES string of the molecule is Cc1cc(C)c(S(=O)(=O)NCc2nn(C)cc2Cl)c(C)c1CC(=O)O. The van der Waals surface area contributed by atoms with Crippen molar-refractivity contribution in [2.75, 3.05) is 0 Å². The van der Waals surface area contributed by atoms with Crippen LogP contribution in [0.5, 0.6) is 0 Å². The van der Waals surface area contributed by atoms with E-state index in [9.17, 15) is 13.2 Å². The van der Waals surface area contributed by atoms with Crippen LogP contribution in [-0.2, 0) is 34.8 Å². The van der Waals surface area contributed by atoms with E-state index in [1.807, 2.05) is 0 Å². The van der Waals surface area contributed by atoms with E-state index in [0.29, 0.717) is 27.4 Å². The molecule has 0 spiro atoms. The lowest BCUT2D eigenvalue weighted by Gasteiger charge is -2.17. The molecule has 0 saturated heterocycles. The lowest BCUT2D eigenvalue weighted by Crippen LogP contribution is -2.26. The van der Waals surface area contributed by atoms with E-state index >= 15 is 0 Å². The number of hydrogen-bond acceptors (Lipinski definition) is 4. The van der Waals surface area contributed by atoms with Gasteiger partial charge in [-0.05, 0) is 43.0 Å². The van der Waals surface area contributed by atoms with Gasteiger partial charge in [0.05, 0.1) is 28.6 Å². The van der Waals surface area contributed by atoms with Crippen molar-refractivity contribution in [2.45, 2.75) is 38.6 Å². The minimum absolute atomic E-state index is 0.0526. The van der Waals surface area contributed by atoms with E-state index in [0.717, 1.165) is 5.56 Å². The number of hydrogen-bond donors (Lipinski definition) is 2. The highest BCUT2D eigenvalue weighted by atomic mass is 35.5. The summed E-state index contributed by atoms with van der Waals surface area (Å²) in [4.78, 5) is 11.2. The number of benzene rings is 1. The maximum absolute atomic E-state index is 12.8. The summed E-state index contributed by atoms with van der Waals surface area (Å²) in [6.07, 6.45) is 1.35. The molecule has 0 fully saturated rings. The molecule has 25 heavy (non-hydrogen) atoms. The van der Waals surface area contributed by atoms with Crippen LogP contribution < -0.4 is 4.72 Å². The van der Waals surface area contributed by atoms with Crippen LogP contribution in [-0.4, -0.2) is 29.3 Å². The normalized spacial score (nSPS) is 11.7. The fourth-order valence-electron chi connectivity index (χ4n) is 2.90. The summed E-state index contributed by atoms with van der Waals surface area (Å²) in [6.45, 7) is 5.03. The number of nitrogens with one attached hydrogen (secondary N) is 1. The number of halogens is 1.